The van der Waals surface area contributed by atoms with Crippen molar-refractivity contribution in [1.82, 2.24) is 25.0 Å². The van der Waals surface area contributed by atoms with E-state index in [0.29, 0.717) is 13.0 Å². The van der Waals surface area contributed by atoms with E-state index in [1.165, 1.54) is 0 Å². The lowest BCUT2D eigenvalue weighted by molar-refractivity contribution is -0.133. The molecule has 0 radical (unpaired) electrons. The van der Waals surface area contributed by atoms with Crippen LogP contribution < -0.4 is 5.32 Å². The van der Waals surface area contributed by atoms with Crippen LogP contribution in [0, 0.1) is 0 Å². The number of carbonyl (C=O) groups excluding carboxylic acids is 1. The number of halogens is 1. The highest BCUT2D eigenvalue weighted by molar-refractivity contribution is 5.85. The molecule has 1 amide bonds. The summed E-state index contributed by atoms with van der Waals surface area (Å²) in [6, 6.07) is 16.1. The van der Waals surface area contributed by atoms with Gasteiger partial charge in [-0.1, -0.05) is 18.2 Å². The Bertz CT molecular complexity index is 891. The molecule has 0 bridgehead atoms. The van der Waals surface area contributed by atoms with Crippen LogP contribution in [0.4, 0.5) is 0 Å². The van der Waals surface area contributed by atoms with E-state index in [1.807, 2.05) is 64.3 Å². The first kappa shape index (κ1) is 22.0. The fourth-order valence-corrected chi connectivity index (χ4v) is 3.86. The SMILES string of the molecule is Cl.O=C(Cc1ccc(-n2cccn2)cc1)N(Cc1ccccn1)C1CCCNCC1. The van der Waals surface area contributed by atoms with Crippen LogP contribution in [0.3, 0.4) is 0 Å². The summed E-state index contributed by atoms with van der Waals surface area (Å²) in [4.78, 5) is 19.8. The molecule has 0 aliphatic carbocycles. The molecule has 1 N–H and O–H groups in total. The molecule has 1 unspecified atom stereocenters. The van der Waals surface area contributed by atoms with Crippen LogP contribution in [0.15, 0.2) is 67.1 Å². The van der Waals surface area contributed by atoms with Crippen molar-refractivity contribution in [1.29, 1.82) is 0 Å². The Morgan fingerprint density at radius 2 is 1.93 bits per heavy atom. The largest absolute Gasteiger partial charge is 0.333 e. The van der Waals surface area contributed by atoms with Gasteiger partial charge in [0.05, 0.1) is 24.3 Å². The van der Waals surface area contributed by atoms with Gasteiger partial charge in [0.25, 0.3) is 0 Å². The summed E-state index contributed by atoms with van der Waals surface area (Å²) in [5.41, 5.74) is 2.95. The summed E-state index contributed by atoms with van der Waals surface area (Å²) in [5.74, 6) is 0.161. The average molecular weight is 426 g/mol. The third-order valence-electron chi connectivity index (χ3n) is 5.43. The number of benzene rings is 1. The zero-order valence-corrected chi connectivity index (χ0v) is 17.8. The second-order valence-corrected chi connectivity index (χ2v) is 7.47. The molecule has 1 aromatic carbocycles. The maximum Gasteiger partial charge on any atom is 0.227 e. The maximum atomic E-state index is 13.3. The number of rotatable bonds is 6. The molecule has 7 heteroatoms. The van der Waals surface area contributed by atoms with Crippen molar-refractivity contribution in [3.8, 4) is 5.69 Å². The van der Waals surface area contributed by atoms with Crippen LogP contribution >= 0.6 is 12.4 Å². The number of nitrogens with zero attached hydrogens (tertiary/aromatic N) is 4. The normalized spacial score (nSPS) is 16.3. The molecule has 3 aromatic rings. The molecule has 4 rings (SSSR count). The Morgan fingerprint density at radius 3 is 2.67 bits per heavy atom. The predicted molar refractivity (Wildman–Crippen MR) is 120 cm³/mol. The average Bonchev–Trinajstić information content (AvgIpc) is 3.16. The third-order valence-corrected chi connectivity index (χ3v) is 5.43. The Labute approximate surface area is 183 Å². The van der Waals surface area contributed by atoms with Gasteiger partial charge in [0.15, 0.2) is 0 Å². The first-order valence-corrected chi connectivity index (χ1v) is 10.3. The number of aromatic nitrogens is 3. The minimum Gasteiger partial charge on any atom is -0.333 e. The second-order valence-electron chi connectivity index (χ2n) is 7.47. The molecule has 1 fully saturated rings. The summed E-state index contributed by atoms with van der Waals surface area (Å²) in [5, 5.41) is 7.69. The van der Waals surface area contributed by atoms with Crippen molar-refractivity contribution < 1.29 is 4.79 Å². The first-order chi connectivity index (χ1) is 14.3. The van der Waals surface area contributed by atoms with Gasteiger partial charge in [-0.05, 0) is 68.2 Å². The van der Waals surface area contributed by atoms with E-state index in [0.717, 1.165) is 49.3 Å². The van der Waals surface area contributed by atoms with E-state index >= 15 is 0 Å². The quantitative estimate of drug-likeness (QED) is 0.657. The van der Waals surface area contributed by atoms with E-state index in [9.17, 15) is 4.79 Å². The van der Waals surface area contributed by atoms with Crippen LogP contribution in [-0.2, 0) is 17.8 Å². The Hall–Kier alpha value is -2.70. The topological polar surface area (TPSA) is 63.1 Å². The molecule has 1 aliphatic heterocycles. The predicted octanol–water partition coefficient (Wildman–Crippen LogP) is 3.40. The maximum absolute atomic E-state index is 13.3. The lowest BCUT2D eigenvalue weighted by atomic mass is 10.0. The van der Waals surface area contributed by atoms with E-state index in [2.05, 4.69) is 15.4 Å². The Kier molecular flexibility index (Phi) is 7.99. The number of carbonyl (C=O) groups is 1. The third kappa shape index (κ3) is 5.68. The highest BCUT2D eigenvalue weighted by atomic mass is 35.5. The van der Waals surface area contributed by atoms with E-state index in [-0.39, 0.29) is 24.4 Å². The fraction of sp³-hybridized carbons (Fsp3) is 0.348. The summed E-state index contributed by atoms with van der Waals surface area (Å²) < 4.78 is 1.82. The summed E-state index contributed by atoms with van der Waals surface area (Å²) in [6.45, 7) is 2.54. The highest BCUT2D eigenvalue weighted by Crippen LogP contribution is 2.19. The van der Waals surface area contributed by atoms with Crippen molar-refractivity contribution in [2.24, 2.45) is 0 Å². The zero-order valence-electron chi connectivity index (χ0n) is 17.0. The number of amides is 1. The van der Waals surface area contributed by atoms with Crippen molar-refractivity contribution in [3.63, 3.8) is 0 Å². The second kappa shape index (κ2) is 10.9. The van der Waals surface area contributed by atoms with Gasteiger partial charge in [-0.25, -0.2) is 4.68 Å². The van der Waals surface area contributed by atoms with Crippen LogP contribution in [0.2, 0.25) is 0 Å². The molecule has 1 aliphatic rings. The van der Waals surface area contributed by atoms with Crippen molar-refractivity contribution in [2.75, 3.05) is 13.1 Å². The molecular weight excluding hydrogens is 398 g/mol. The standard InChI is InChI=1S/C23H27N5O.ClH/c29-23(17-19-7-9-22(10-8-19)28-16-4-14-26-28)27(18-20-5-1-2-13-25-20)21-6-3-12-24-15-11-21;/h1-2,4-5,7-10,13-14,16,21,24H,3,6,11-12,15,17-18H2;1H. The summed E-state index contributed by atoms with van der Waals surface area (Å²) >= 11 is 0. The molecule has 1 atom stereocenters. The summed E-state index contributed by atoms with van der Waals surface area (Å²) in [6.07, 6.45) is 8.97. The van der Waals surface area contributed by atoms with E-state index < -0.39 is 0 Å². The minimum atomic E-state index is 0. The van der Waals surface area contributed by atoms with Gasteiger partial charge in [-0.3, -0.25) is 9.78 Å². The number of pyridine rings is 1. The van der Waals surface area contributed by atoms with Gasteiger partial charge >= 0.3 is 0 Å². The van der Waals surface area contributed by atoms with E-state index in [4.69, 9.17) is 0 Å². The van der Waals surface area contributed by atoms with Gasteiger partial charge in [0.1, 0.15) is 0 Å². The van der Waals surface area contributed by atoms with Crippen molar-refractivity contribution >= 4 is 18.3 Å². The first-order valence-electron chi connectivity index (χ1n) is 10.3. The van der Waals surface area contributed by atoms with Gasteiger partial charge in [-0.15, -0.1) is 12.4 Å². The van der Waals surface area contributed by atoms with Crippen LogP contribution in [0.5, 0.6) is 0 Å². The smallest absolute Gasteiger partial charge is 0.227 e. The van der Waals surface area contributed by atoms with Gasteiger partial charge in [-0.2, -0.15) is 5.10 Å². The minimum absolute atomic E-state index is 0. The number of nitrogens with one attached hydrogen (secondary N) is 1. The highest BCUT2D eigenvalue weighted by Gasteiger charge is 2.25. The monoisotopic (exact) mass is 425 g/mol. The molecule has 158 valence electrons. The molecule has 1 saturated heterocycles. The van der Waals surface area contributed by atoms with Gasteiger partial charge in [0, 0.05) is 24.6 Å². The molecule has 3 heterocycles. The molecule has 30 heavy (non-hydrogen) atoms. The fourth-order valence-electron chi connectivity index (χ4n) is 3.86. The van der Waals surface area contributed by atoms with Crippen molar-refractivity contribution in [2.45, 2.75) is 38.3 Å². The van der Waals surface area contributed by atoms with Crippen LogP contribution in [0.1, 0.15) is 30.5 Å². The Balaban J connectivity index is 0.00000256. The number of hydrogen-bond donors (Lipinski definition) is 1. The van der Waals surface area contributed by atoms with Gasteiger partial charge in [0.2, 0.25) is 5.91 Å². The van der Waals surface area contributed by atoms with Gasteiger partial charge < -0.3 is 10.2 Å². The molecule has 0 saturated carbocycles. The molecule has 6 nitrogen and oxygen atoms in total. The lowest BCUT2D eigenvalue weighted by Crippen LogP contribution is -2.41. The van der Waals surface area contributed by atoms with Crippen LogP contribution in [-0.4, -0.2) is 44.7 Å². The molecular formula is C23H28ClN5O. The zero-order chi connectivity index (χ0) is 19.9. The Morgan fingerprint density at radius 1 is 1.07 bits per heavy atom. The summed E-state index contributed by atoms with van der Waals surface area (Å²) in [7, 11) is 0. The molecule has 0 spiro atoms. The van der Waals surface area contributed by atoms with E-state index in [1.54, 1.807) is 12.4 Å². The van der Waals surface area contributed by atoms with Crippen molar-refractivity contribution in [3.05, 3.63) is 78.4 Å². The lowest BCUT2D eigenvalue weighted by Gasteiger charge is -2.31. The van der Waals surface area contributed by atoms with Crippen LogP contribution in [0.25, 0.3) is 5.69 Å². The number of hydrogen-bond acceptors (Lipinski definition) is 4. The molecule has 2 aromatic heterocycles.